The number of fused-ring (bicyclic) bond motifs is 1. The molecular weight excluding hydrogens is 278 g/mol. The molecule has 0 fully saturated rings. The number of ether oxygens (including phenoxy) is 1. The van der Waals surface area contributed by atoms with Gasteiger partial charge in [0.1, 0.15) is 11.5 Å². The maximum Gasteiger partial charge on any atom is 0.269 e. The van der Waals surface area contributed by atoms with Crippen LogP contribution in [0.25, 0.3) is 10.2 Å². The molecule has 1 heterocycles. The average Bonchev–Trinajstić information content (AvgIpc) is 2.78. The summed E-state index contributed by atoms with van der Waals surface area (Å²) in [7, 11) is 0. The van der Waals surface area contributed by atoms with Crippen LogP contribution in [-0.2, 0) is 0 Å². The van der Waals surface area contributed by atoms with Gasteiger partial charge < -0.3 is 10.5 Å². The molecule has 0 bridgehead atoms. The van der Waals surface area contributed by atoms with Gasteiger partial charge in [-0.15, -0.1) is 0 Å². The van der Waals surface area contributed by atoms with Gasteiger partial charge in [-0.1, -0.05) is 11.3 Å². The summed E-state index contributed by atoms with van der Waals surface area (Å²) in [6, 6.07) is 11.4. The van der Waals surface area contributed by atoms with Gasteiger partial charge in [0.15, 0.2) is 5.13 Å². The second kappa shape index (κ2) is 4.78. The Bertz CT molecular complexity index is 783. The highest BCUT2D eigenvalue weighted by molar-refractivity contribution is 7.22. The summed E-state index contributed by atoms with van der Waals surface area (Å²) in [5, 5.41) is 11.1. The van der Waals surface area contributed by atoms with E-state index in [0.29, 0.717) is 16.6 Å². The van der Waals surface area contributed by atoms with Gasteiger partial charge in [-0.2, -0.15) is 0 Å². The minimum absolute atomic E-state index is 0.0306. The fraction of sp³-hybridized carbons (Fsp3) is 0. The van der Waals surface area contributed by atoms with Gasteiger partial charge in [0.2, 0.25) is 0 Å². The SMILES string of the molecule is Nc1nc2ccc(Oc3ccc([N+](=O)[O-])cc3)cc2s1. The molecule has 6 nitrogen and oxygen atoms in total. The van der Waals surface area contributed by atoms with Crippen molar-refractivity contribution >= 4 is 32.4 Å². The van der Waals surface area contributed by atoms with Crippen LogP contribution in [0.15, 0.2) is 42.5 Å². The third kappa shape index (κ3) is 2.39. The summed E-state index contributed by atoms with van der Waals surface area (Å²) in [5.74, 6) is 1.17. The molecule has 2 N–H and O–H groups in total. The first kappa shape index (κ1) is 12.4. The first-order valence-electron chi connectivity index (χ1n) is 5.70. The van der Waals surface area contributed by atoms with Crippen LogP contribution in [0.3, 0.4) is 0 Å². The molecule has 0 aliphatic carbocycles. The van der Waals surface area contributed by atoms with Crippen molar-refractivity contribution in [1.82, 2.24) is 4.98 Å². The smallest absolute Gasteiger partial charge is 0.269 e. The molecule has 0 unspecified atom stereocenters. The number of nitrogen functional groups attached to an aromatic ring is 1. The van der Waals surface area contributed by atoms with Gasteiger partial charge in [-0.05, 0) is 24.3 Å². The Morgan fingerprint density at radius 1 is 1.15 bits per heavy atom. The Kier molecular flexibility index (Phi) is 2.96. The number of aromatic nitrogens is 1. The van der Waals surface area contributed by atoms with Crippen LogP contribution in [0, 0.1) is 10.1 Å². The van der Waals surface area contributed by atoms with Gasteiger partial charge in [-0.3, -0.25) is 10.1 Å². The van der Waals surface area contributed by atoms with Crippen molar-refractivity contribution in [1.29, 1.82) is 0 Å². The third-order valence-electron chi connectivity index (χ3n) is 2.66. The first-order chi connectivity index (χ1) is 9.61. The summed E-state index contributed by atoms with van der Waals surface area (Å²) in [5.41, 5.74) is 6.49. The Hall–Kier alpha value is -2.67. The third-order valence-corrected chi connectivity index (χ3v) is 3.51. The van der Waals surface area contributed by atoms with Crippen molar-refractivity contribution in [3.05, 3.63) is 52.6 Å². The van der Waals surface area contributed by atoms with E-state index in [4.69, 9.17) is 10.5 Å². The average molecular weight is 287 g/mol. The fourth-order valence-corrected chi connectivity index (χ4v) is 2.52. The van der Waals surface area contributed by atoms with E-state index in [-0.39, 0.29) is 5.69 Å². The summed E-state index contributed by atoms with van der Waals surface area (Å²) in [6.45, 7) is 0. The van der Waals surface area contributed by atoms with Crippen LogP contribution >= 0.6 is 11.3 Å². The molecule has 0 aliphatic rings. The van der Waals surface area contributed by atoms with E-state index in [1.807, 2.05) is 12.1 Å². The molecule has 0 atom stereocenters. The minimum atomic E-state index is -0.448. The molecule has 7 heteroatoms. The topological polar surface area (TPSA) is 91.3 Å². The van der Waals surface area contributed by atoms with Crippen LogP contribution < -0.4 is 10.5 Å². The second-order valence-electron chi connectivity index (χ2n) is 4.03. The van der Waals surface area contributed by atoms with Crippen molar-refractivity contribution in [3.8, 4) is 11.5 Å². The monoisotopic (exact) mass is 287 g/mol. The Labute approximate surface area is 117 Å². The summed E-state index contributed by atoms with van der Waals surface area (Å²) in [4.78, 5) is 14.3. The van der Waals surface area contributed by atoms with Crippen molar-refractivity contribution in [3.63, 3.8) is 0 Å². The number of non-ortho nitro benzene ring substituents is 1. The Morgan fingerprint density at radius 3 is 2.55 bits per heavy atom. The molecule has 20 heavy (non-hydrogen) atoms. The highest BCUT2D eigenvalue weighted by atomic mass is 32.1. The number of anilines is 1. The van der Waals surface area contributed by atoms with Gasteiger partial charge in [0, 0.05) is 18.2 Å². The number of hydrogen-bond donors (Lipinski definition) is 1. The molecule has 2 aromatic carbocycles. The number of nitrogens with zero attached hydrogens (tertiary/aromatic N) is 2. The van der Waals surface area contributed by atoms with Crippen molar-refractivity contribution in [2.24, 2.45) is 0 Å². The number of benzene rings is 2. The molecule has 0 amide bonds. The zero-order valence-electron chi connectivity index (χ0n) is 10.1. The number of thiazole rings is 1. The van der Waals surface area contributed by atoms with Gasteiger partial charge in [0.05, 0.1) is 15.1 Å². The number of nitro benzene ring substituents is 1. The van der Waals surface area contributed by atoms with E-state index in [9.17, 15) is 10.1 Å². The lowest BCUT2D eigenvalue weighted by Gasteiger charge is -2.04. The van der Waals surface area contributed by atoms with E-state index in [2.05, 4.69) is 4.98 Å². The molecule has 0 radical (unpaired) electrons. The highest BCUT2D eigenvalue weighted by Crippen LogP contribution is 2.30. The summed E-state index contributed by atoms with van der Waals surface area (Å²) >= 11 is 1.38. The Balaban J connectivity index is 1.86. The lowest BCUT2D eigenvalue weighted by Crippen LogP contribution is -1.88. The number of nitrogens with two attached hydrogens (primary N) is 1. The molecular formula is C13H9N3O3S. The van der Waals surface area contributed by atoms with Crippen LogP contribution in [-0.4, -0.2) is 9.91 Å². The summed E-state index contributed by atoms with van der Waals surface area (Å²) in [6.07, 6.45) is 0. The van der Waals surface area contributed by atoms with Crippen molar-refractivity contribution in [2.75, 3.05) is 5.73 Å². The predicted molar refractivity (Wildman–Crippen MR) is 77.2 cm³/mol. The molecule has 3 rings (SSSR count). The van der Waals surface area contributed by atoms with Crippen LogP contribution in [0.2, 0.25) is 0 Å². The zero-order chi connectivity index (χ0) is 14.1. The second-order valence-corrected chi connectivity index (χ2v) is 5.10. The fourth-order valence-electron chi connectivity index (χ4n) is 1.76. The quantitative estimate of drug-likeness (QED) is 0.587. The number of rotatable bonds is 3. The largest absolute Gasteiger partial charge is 0.457 e. The molecule has 0 spiro atoms. The number of hydrogen-bond acceptors (Lipinski definition) is 6. The first-order valence-corrected chi connectivity index (χ1v) is 6.52. The van der Waals surface area contributed by atoms with E-state index in [1.54, 1.807) is 18.2 Å². The maximum absolute atomic E-state index is 10.6. The lowest BCUT2D eigenvalue weighted by molar-refractivity contribution is -0.384. The molecule has 0 aliphatic heterocycles. The van der Waals surface area contributed by atoms with Gasteiger partial charge in [-0.25, -0.2) is 4.98 Å². The van der Waals surface area contributed by atoms with Crippen molar-refractivity contribution in [2.45, 2.75) is 0 Å². The minimum Gasteiger partial charge on any atom is -0.457 e. The van der Waals surface area contributed by atoms with E-state index >= 15 is 0 Å². The lowest BCUT2D eigenvalue weighted by atomic mass is 10.3. The van der Waals surface area contributed by atoms with Gasteiger partial charge >= 0.3 is 0 Å². The Morgan fingerprint density at radius 2 is 1.85 bits per heavy atom. The molecule has 1 aromatic heterocycles. The molecule has 0 saturated heterocycles. The van der Waals surface area contributed by atoms with Crippen molar-refractivity contribution < 1.29 is 9.66 Å². The maximum atomic E-state index is 10.6. The summed E-state index contributed by atoms with van der Waals surface area (Å²) < 4.78 is 6.58. The van der Waals surface area contributed by atoms with Crippen LogP contribution in [0.5, 0.6) is 11.5 Å². The predicted octanol–water partition coefficient (Wildman–Crippen LogP) is 3.58. The van der Waals surface area contributed by atoms with Crippen LogP contribution in [0.4, 0.5) is 10.8 Å². The standard InChI is InChI=1S/C13H9N3O3S/c14-13-15-11-6-5-10(7-12(11)20-13)19-9-3-1-8(2-4-9)16(17)18/h1-7H,(H2,14,15). The van der Waals surface area contributed by atoms with E-state index in [0.717, 1.165) is 10.2 Å². The van der Waals surface area contributed by atoms with E-state index < -0.39 is 4.92 Å². The normalized spacial score (nSPS) is 10.6. The van der Waals surface area contributed by atoms with Gasteiger partial charge in [0.25, 0.3) is 5.69 Å². The van der Waals surface area contributed by atoms with Crippen LogP contribution in [0.1, 0.15) is 0 Å². The number of nitro groups is 1. The zero-order valence-corrected chi connectivity index (χ0v) is 11.0. The molecule has 100 valence electrons. The molecule has 0 saturated carbocycles. The highest BCUT2D eigenvalue weighted by Gasteiger charge is 2.06. The molecule has 3 aromatic rings. The van der Waals surface area contributed by atoms with E-state index in [1.165, 1.54) is 23.5 Å².